The van der Waals surface area contributed by atoms with Gasteiger partial charge in [-0.3, -0.25) is 14.4 Å². The summed E-state index contributed by atoms with van der Waals surface area (Å²) in [7, 11) is 1.58. The molecule has 0 saturated carbocycles. The van der Waals surface area contributed by atoms with E-state index in [4.69, 9.17) is 4.42 Å². The van der Waals surface area contributed by atoms with Crippen LogP contribution < -0.4 is 5.32 Å². The Morgan fingerprint density at radius 3 is 2.44 bits per heavy atom. The Morgan fingerprint density at radius 2 is 1.81 bits per heavy atom. The van der Waals surface area contributed by atoms with E-state index in [1.165, 1.54) is 11.2 Å². The van der Waals surface area contributed by atoms with Gasteiger partial charge in [-0.05, 0) is 37.1 Å². The summed E-state index contributed by atoms with van der Waals surface area (Å²) in [5, 5.41) is 3.02. The maximum Gasteiger partial charge on any atom is 0.289 e. The van der Waals surface area contributed by atoms with E-state index in [2.05, 4.69) is 5.32 Å². The Hall–Kier alpha value is -3.09. The number of piperidine rings is 1. The summed E-state index contributed by atoms with van der Waals surface area (Å²) in [4.78, 5) is 39.9. The van der Waals surface area contributed by atoms with Gasteiger partial charge in [0.15, 0.2) is 5.76 Å². The van der Waals surface area contributed by atoms with Crippen molar-refractivity contribution in [1.29, 1.82) is 0 Å². The largest absolute Gasteiger partial charge is 0.459 e. The number of nitrogens with zero attached hydrogens (tertiary/aromatic N) is 2. The quantitative estimate of drug-likeness (QED) is 0.871. The highest BCUT2D eigenvalue weighted by atomic mass is 16.3. The number of amides is 3. The molecule has 0 radical (unpaired) electrons. The van der Waals surface area contributed by atoms with Crippen molar-refractivity contribution in [2.45, 2.75) is 18.9 Å². The molecule has 1 saturated heterocycles. The topological polar surface area (TPSA) is 82.9 Å². The number of furan rings is 1. The van der Waals surface area contributed by atoms with E-state index in [0.29, 0.717) is 31.5 Å². The first-order valence-electron chi connectivity index (χ1n) is 8.97. The van der Waals surface area contributed by atoms with Gasteiger partial charge in [-0.25, -0.2) is 0 Å². The molecule has 2 heterocycles. The maximum absolute atomic E-state index is 12.4. The molecule has 1 aliphatic rings. The summed E-state index contributed by atoms with van der Waals surface area (Å²) in [6, 6.07) is 12.3. The van der Waals surface area contributed by atoms with E-state index in [0.717, 1.165) is 0 Å². The molecule has 1 aliphatic heterocycles. The van der Waals surface area contributed by atoms with Crippen LogP contribution in [0.25, 0.3) is 0 Å². The SMILES string of the molecule is CN(CC(=O)N1CCC(NC(=O)c2ccccc2)CC1)C(=O)c1ccco1. The molecular weight excluding hydrogens is 346 g/mol. The summed E-state index contributed by atoms with van der Waals surface area (Å²) in [6.45, 7) is 1.11. The van der Waals surface area contributed by atoms with Gasteiger partial charge < -0.3 is 19.5 Å². The van der Waals surface area contributed by atoms with Crippen molar-refractivity contribution in [2.24, 2.45) is 0 Å². The van der Waals surface area contributed by atoms with Crippen molar-refractivity contribution in [3.8, 4) is 0 Å². The Bertz CT molecular complexity index is 781. The fraction of sp³-hybridized carbons (Fsp3) is 0.350. The lowest BCUT2D eigenvalue weighted by atomic mass is 10.0. The average Bonchev–Trinajstić information content (AvgIpc) is 3.23. The summed E-state index contributed by atoms with van der Waals surface area (Å²) in [6.07, 6.45) is 2.82. The summed E-state index contributed by atoms with van der Waals surface area (Å²) >= 11 is 0. The molecule has 3 rings (SSSR count). The molecule has 142 valence electrons. The lowest BCUT2D eigenvalue weighted by Crippen LogP contribution is -2.49. The van der Waals surface area contributed by atoms with Crippen LogP contribution in [0.15, 0.2) is 53.1 Å². The second-order valence-corrected chi connectivity index (χ2v) is 6.63. The van der Waals surface area contributed by atoms with Crippen LogP contribution in [0, 0.1) is 0 Å². The second kappa shape index (κ2) is 8.53. The number of carbonyl (C=O) groups excluding carboxylic acids is 3. The van der Waals surface area contributed by atoms with Crippen LogP contribution in [0.1, 0.15) is 33.8 Å². The number of benzene rings is 1. The third kappa shape index (κ3) is 4.75. The van der Waals surface area contributed by atoms with E-state index in [9.17, 15) is 14.4 Å². The highest BCUT2D eigenvalue weighted by Crippen LogP contribution is 2.13. The van der Waals surface area contributed by atoms with E-state index >= 15 is 0 Å². The average molecular weight is 369 g/mol. The molecule has 0 unspecified atom stereocenters. The van der Waals surface area contributed by atoms with Crippen molar-refractivity contribution in [2.75, 3.05) is 26.7 Å². The van der Waals surface area contributed by atoms with E-state index in [1.54, 1.807) is 36.2 Å². The summed E-state index contributed by atoms with van der Waals surface area (Å²) in [5.41, 5.74) is 0.633. The van der Waals surface area contributed by atoms with Gasteiger partial charge in [0.25, 0.3) is 11.8 Å². The number of likely N-dealkylation sites (tertiary alicyclic amines) is 1. The minimum atomic E-state index is -0.321. The van der Waals surface area contributed by atoms with Crippen LogP contribution in [-0.4, -0.2) is 60.2 Å². The highest BCUT2D eigenvalue weighted by Gasteiger charge is 2.26. The van der Waals surface area contributed by atoms with Gasteiger partial charge in [-0.15, -0.1) is 0 Å². The minimum Gasteiger partial charge on any atom is -0.459 e. The summed E-state index contributed by atoms with van der Waals surface area (Å²) < 4.78 is 5.07. The predicted molar refractivity (Wildman–Crippen MR) is 99.2 cm³/mol. The third-order valence-electron chi connectivity index (χ3n) is 4.67. The zero-order valence-electron chi connectivity index (χ0n) is 15.3. The molecule has 1 aromatic carbocycles. The van der Waals surface area contributed by atoms with Gasteiger partial charge in [0.1, 0.15) is 0 Å². The number of hydrogen-bond acceptors (Lipinski definition) is 4. The fourth-order valence-electron chi connectivity index (χ4n) is 3.09. The van der Waals surface area contributed by atoms with Crippen LogP contribution >= 0.6 is 0 Å². The monoisotopic (exact) mass is 369 g/mol. The first kappa shape index (κ1) is 18.7. The van der Waals surface area contributed by atoms with Crippen molar-refractivity contribution >= 4 is 17.7 Å². The molecule has 1 aromatic heterocycles. The van der Waals surface area contributed by atoms with Crippen molar-refractivity contribution in [3.05, 3.63) is 60.1 Å². The van der Waals surface area contributed by atoms with Crippen LogP contribution in [0.3, 0.4) is 0 Å². The van der Waals surface area contributed by atoms with E-state index < -0.39 is 0 Å². The molecule has 3 amide bonds. The molecule has 7 heteroatoms. The van der Waals surface area contributed by atoms with Gasteiger partial charge in [0.05, 0.1) is 12.8 Å². The third-order valence-corrected chi connectivity index (χ3v) is 4.67. The number of hydrogen-bond donors (Lipinski definition) is 1. The lowest BCUT2D eigenvalue weighted by Gasteiger charge is -2.33. The zero-order chi connectivity index (χ0) is 19.2. The van der Waals surface area contributed by atoms with Gasteiger partial charge in [0.2, 0.25) is 5.91 Å². The molecule has 7 nitrogen and oxygen atoms in total. The van der Waals surface area contributed by atoms with Crippen LogP contribution in [0.2, 0.25) is 0 Å². The van der Waals surface area contributed by atoms with Crippen LogP contribution in [-0.2, 0) is 4.79 Å². The number of likely N-dealkylation sites (N-methyl/N-ethyl adjacent to an activating group) is 1. The molecule has 0 aliphatic carbocycles. The second-order valence-electron chi connectivity index (χ2n) is 6.63. The first-order chi connectivity index (χ1) is 13.0. The smallest absolute Gasteiger partial charge is 0.289 e. The summed E-state index contributed by atoms with van der Waals surface area (Å²) in [5.74, 6) is -0.305. The molecule has 0 bridgehead atoms. The predicted octanol–water partition coefficient (Wildman–Crippen LogP) is 1.77. The van der Waals surface area contributed by atoms with E-state index in [1.807, 2.05) is 18.2 Å². The number of nitrogens with one attached hydrogen (secondary N) is 1. The molecule has 0 spiro atoms. The lowest BCUT2D eigenvalue weighted by molar-refractivity contribution is -0.132. The van der Waals surface area contributed by atoms with E-state index in [-0.39, 0.29) is 36.1 Å². The van der Waals surface area contributed by atoms with Gasteiger partial charge in [0, 0.05) is 31.7 Å². The minimum absolute atomic E-state index is 0.000570. The number of carbonyl (C=O) groups is 3. The Labute approximate surface area is 157 Å². The van der Waals surface area contributed by atoms with Crippen LogP contribution in [0.5, 0.6) is 0 Å². The molecular formula is C20H23N3O4. The fourth-order valence-corrected chi connectivity index (χ4v) is 3.09. The van der Waals surface area contributed by atoms with Crippen molar-refractivity contribution in [1.82, 2.24) is 15.1 Å². The Morgan fingerprint density at radius 1 is 1.11 bits per heavy atom. The maximum atomic E-state index is 12.4. The Kier molecular flexibility index (Phi) is 5.90. The number of rotatable bonds is 5. The van der Waals surface area contributed by atoms with Gasteiger partial charge in [-0.1, -0.05) is 18.2 Å². The van der Waals surface area contributed by atoms with Gasteiger partial charge >= 0.3 is 0 Å². The molecule has 2 aromatic rings. The standard InChI is InChI=1S/C20H23N3O4/c1-22(20(26)17-8-5-13-27-17)14-18(24)23-11-9-16(10-12-23)21-19(25)15-6-3-2-4-7-15/h2-8,13,16H,9-12,14H2,1H3,(H,21,25). The van der Waals surface area contributed by atoms with Crippen molar-refractivity contribution < 1.29 is 18.8 Å². The first-order valence-corrected chi connectivity index (χ1v) is 8.97. The molecule has 27 heavy (non-hydrogen) atoms. The molecule has 1 fully saturated rings. The van der Waals surface area contributed by atoms with Gasteiger partial charge in [-0.2, -0.15) is 0 Å². The Balaban J connectivity index is 1.45. The normalized spacial score (nSPS) is 14.6. The zero-order valence-corrected chi connectivity index (χ0v) is 15.3. The highest BCUT2D eigenvalue weighted by molar-refractivity contribution is 5.95. The van der Waals surface area contributed by atoms with Crippen LogP contribution in [0.4, 0.5) is 0 Å². The molecule has 0 atom stereocenters. The molecule has 1 N–H and O–H groups in total. The van der Waals surface area contributed by atoms with Crippen molar-refractivity contribution in [3.63, 3.8) is 0 Å².